The van der Waals surface area contributed by atoms with Crippen LogP contribution in [0.1, 0.15) is 39.0 Å². The Labute approximate surface area is 96.6 Å². The average Bonchev–Trinajstić information content (AvgIpc) is 2.87. The summed E-state index contributed by atoms with van der Waals surface area (Å²) in [5.74, 6) is 2.86. The highest BCUT2D eigenvalue weighted by atomic mass is 16.4. The van der Waals surface area contributed by atoms with Crippen molar-refractivity contribution in [2.45, 2.75) is 51.1 Å². The highest BCUT2D eigenvalue weighted by molar-refractivity contribution is 5.72. The van der Waals surface area contributed by atoms with Crippen LogP contribution in [0.15, 0.2) is 0 Å². The summed E-state index contributed by atoms with van der Waals surface area (Å²) < 4.78 is 0. The van der Waals surface area contributed by atoms with E-state index in [1.807, 2.05) is 0 Å². The second-order valence-electron chi connectivity index (χ2n) is 5.99. The second kappa shape index (κ2) is 3.73. The highest BCUT2D eigenvalue weighted by Gasteiger charge is 2.53. The number of aliphatic carboxylic acids is 1. The van der Waals surface area contributed by atoms with Crippen molar-refractivity contribution >= 4 is 5.97 Å². The fourth-order valence-electron chi connectivity index (χ4n) is 4.65. The van der Waals surface area contributed by atoms with Crippen LogP contribution in [0.5, 0.6) is 0 Å². The first-order chi connectivity index (χ1) is 7.66. The number of fused-ring (bicyclic) bond motifs is 5. The van der Waals surface area contributed by atoms with Crippen LogP contribution in [0.3, 0.4) is 0 Å². The van der Waals surface area contributed by atoms with E-state index in [1.54, 1.807) is 6.92 Å². The maximum atomic E-state index is 10.9. The molecule has 2 N–H and O–H groups in total. The summed E-state index contributed by atoms with van der Waals surface area (Å²) in [5, 5.41) is 12.3. The molecule has 2 bridgehead atoms. The fraction of sp³-hybridized carbons (Fsp3) is 0.923. The van der Waals surface area contributed by atoms with E-state index in [2.05, 4.69) is 5.32 Å². The molecular weight excluding hydrogens is 202 g/mol. The van der Waals surface area contributed by atoms with Gasteiger partial charge < -0.3 is 10.4 Å². The van der Waals surface area contributed by atoms with E-state index in [4.69, 9.17) is 5.11 Å². The van der Waals surface area contributed by atoms with Crippen molar-refractivity contribution in [2.24, 2.45) is 23.7 Å². The van der Waals surface area contributed by atoms with Crippen LogP contribution in [0.2, 0.25) is 0 Å². The smallest absolute Gasteiger partial charge is 0.320 e. The lowest BCUT2D eigenvalue weighted by Gasteiger charge is -2.33. The zero-order valence-electron chi connectivity index (χ0n) is 9.86. The molecule has 0 aromatic heterocycles. The van der Waals surface area contributed by atoms with Gasteiger partial charge in [-0.1, -0.05) is 6.42 Å². The van der Waals surface area contributed by atoms with Gasteiger partial charge in [-0.3, -0.25) is 4.79 Å². The Morgan fingerprint density at radius 3 is 2.75 bits per heavy atom. The SMILES string of the molecule is C[C@@H](NC1CC2CC1C1CCCC21)C(=O)O. The minimum absolute atomic E-state index is 0.385. The van der Waals surface area contributed by atoms with Crippen LogP contribution in [0, 0.1) is 23.7 Å². The number of carboxylic acids is 1. The summed E-state index contributed by atoms with van der Waals surface area (Å²) in [6, 6.07) is 0.0969. The Bertz CT molecular complexity index is 304. The lowest BCUT2D eigenvalue weighted by Crippen LogP contribution is -2.46. The van der Waals surface area contributed by atoms with Gasteiger partial charge in [0.15, 0.2) is 0 Å². The van der Waals surface area contributed by atoms with Crippen LogP contribution in [-0.4, -0.2) is 23.2 Å². The van der Waals surface area contributed by atoms with E-state index in [9.17, 15) is 4.79 Å². The molecular formula is C13H21NO2. The van der Waals surface area contributed by atoms with Gasteiger partial charge in [0.05, 0.1) is 0 Å². The van der Waals surface area contributed by atoms with E-state index in [0.29, 0.717) is 6.04 Å². The van der Waals surface area contributed by atoms with Crippen LogP contribution >= 0.6 is 0 Å². The van der Waals surface area contributed by atoms with Crippen LogP contribution in [-0.2, 0) is 4.79 Å². The molecule has 16 heavy (non-hydrogen) atoms. The fourth-order valence-corrected chi connectivity index (χ4v) is 4.65. The highest BCUT2D eigenvalue weighted by Crippen LogP contribution is 2.58. The minimum Gasteiger partial charge on any atom is -0.480 e. The second-order valence-corrected chi connectivity index (χ2v) is 5.99. The lowest BCUT2D eigenvalue weighted by molar-refractivity contribution is -0.139. The number of nitrogens with one attached hydrogen (secondary N) is 1. The molecule has 3 saturated carbocycles. The molecule has 0 aromatic carbocycles. The van der Waals surface area contributed by atoms with Gasteiger partial charge in [-0.05, 0) is 56.3 Å². The molecule has 0 radical (unpaired) electrons. The zero-order valence-corrected chi connectivity index (χ0v) is 9.86. The average molecular weight is 223 g/mol. The molecule has 3 aliphatic rings. The molecule has 0 aromatic rings. The molecule has 3 fully saturated rings. The summed E-state index contributed by atoms with van der Waals surface area (Å²) in [7, 11) is 0. The van der Waals surface area contributed by atoms with Crippen molar-refractivity contribution in [3.05, 3.63) is 0 Å². The summed E-state index contributed by atoms with van der Waals surface area (Å²) in [4.78, 5) is 10.9. The first kappa shape index (κ1) is 10.6. The molecule has 3 rings (SSSR count). The van der Waals surface area contributed by atoms with Gasteiger partial charge >= 0.3 is 5.97 Å². The number of carbonyl (C=O) groups is 1. The third-order valence-corrected chi connectivity index (χ3v) is 5.26. The molecule has 5 unspecified atom stereocenters. The van der Waals surface area contributed by atoms with Crippen molar-refractivity contribution in [1.82, 2.24) is 5.32 Å². The largest absolute Gasteiger partial charge is 0.480 e. The summed E-state index contributed by atoms with van der Waals surface area (Å²) in [6.07, 6.45) is 6.82. The minimum atomic E-state index is -0.717. The van der Waals surface area contributed by atoms with E-state index in [1.165, 1.54) is 32.1 Å². The van der Waals surface area contributed by atoms with Gasteiger partial charge in [0.2, 0.25) is 0 Å². The predicted octanol–water partition coefficient (Wildman–Crippen LogP) is 1.87. The van der Waals surface area contributed by atoms with Gasteiger partial charge in [0, 0.05) is 6.04 Å². The van der Waals surface area contributed by atoms with E-state index in [0.717, 1.165) is 23.7 Å². The molecule has 3 heteroatoms. The number of carboxylic acid groups (broad SMARTS) is 1. The van der Waals surface area contributed by atoms with Crippen molar-refractivity contribution in [3.8, 4) is 0 Å². The van der Waals surface area contributed by atoms with E-state index < -0.39 is 5.97 Å². The van der Waals surface area contributed by atoms with Crippen LogP contribution in [0.4, 0.5) is 0 Å². The third kappa shape index (κ3) is 1.48. The summed E-state index contributed by atoms with van der Waals surface area (Å²) in [6.45, 7) is 1.76. The monoisotopic (exact) mass is 223 g/mol. The maximum absolute atomic E-state index is 10.9. The molecule has 0 amide bonds. The van der Waals surface area contributed by atoms with Crippen molar-refractivity contribution in [2.75, 3.05) is 0 Å². The Morgan fingerprint density at radius 2 is 2.00 bits per heavy atom. The number of rotatable bonds is 3. The third-order valence-electron chi connectivity index (χ3n) is 5.26. The van der Waals surface area contributed by atoms with E-state index in [-0.39, 0.29) is 6.04 Å². The molecule has 6 atom stereocenters. The van der Waals surface area contributed by atoms with Crippen molar-refractivity contribution in [1.29, 1.82) is 0 Å². The predicted molar refractivity (Wildman–Crippen MR) is 61.1 cm³/mol. The molecule has 0 aliphatic heterocycles. The van der Waals surface area contributed by atoms with Gasteiger partial charge in [-0.15, -0.1) is 0 Å². The first-order valence-corrected chi connectivity index (χ1v) is 6.65. The quantitative estimate of drug-likeness (QED) is 0.768. The Morgan fingerprint density at radius 1 is 1.25 bits per heavy atom. The summed E-state index contributed by atoms with van der Waals surface area (Å²) >= 11 is 0. The molecule has 90 valence electrons. The molecule has 3 aliphatic carbocycles. The van der Waals surface area contributed by atoms with Gasteiger partial charge in [0.1, 0.15) is 6.04 Å². The Hall–Kier alpha value is -0.570. The number of hydrogen-bond acceptors (Lipinski definition) is 2. The van der Waals surface area contributed by atoms with Gasteiger partial charge in [0.25, 0.3) is 0 Å². The maximum Gasteiger partial charge on any atom is 0.320 e. The molecule has 0 heterocycles. The van der Waals surface area contributed by atoms with Crippen LogP contribution in [0.25, 0.3) is 0 Å². The Balaban J connectivity index is 1.66. The number of hydrogen-bond donors (Lipinski definition) is 2. The normalized spacial score (nSPS) is 46.9. The van der Waals surface area contributed by atoms with Crippen molar-refractivity contribution in [3.63, 3.8) is 0 Å². The lowest BCUT2D eigenvalue weighted by atomic mass is 9.79. The van der Waals surface area contributed by atoms with Crippen LogP contribution < -0.4 is 5.32 Å². The molecule has 0 saturated heterocycles. The molecule has 0 spiro atoms. The summed E-state index contributed by atoms with van der Waals surface area (Å²) in [5.41, 5.74) is 0. The van der Waals surface area contributed by atoms with Gasteiger partial charge in [-0.2, -0.15) is 0 Å². The van der Waals surface area contributed by atoms with E-state index >= 15 is 0 Å². The first-order valence-electron chi connectivity index (χ1n) is 6.65. The standard InChI is InChI=1S/C13H21NO2/c1-7(13(15)16)14-12-6-8-5-11(12)10-4-2-3-9(8)10/h7-12,14H,2-6H2,1H3,(H,15,16)/t7-,8?,9?,10?,11?,12?/m1/s1. The topological polar surface area (TPSA) is 49.3 Å². The van der Waals surface area contributed by atoms with Gasteiger partial charge in [-0.25, -0.2) is 0 Å². The zero-order chi connectivity index (χ0) is 11.3. The molecule has 3 nitrogen and oxygen atoms in total. The Kier molecular flexibility index (Phi) is 2.46. The van der Waals surface area contributed by atoms with Crippen molar-refractivity contribution < 1.29 is 9.90 Å².